The predicted molar refractivity (Wildman–Crippen MR) is 42.2 cm³/mol. The molecule has 0 heterocycles. The molecule has 0 radical (unpaired) electrons. The Morgan fingerprint density at radius 3 is 2.90 bits per heavy atom. The summed E-state index contributed by atoms with van der Waals surface area (Å²) in [7, 11) is 1.67. The Morgan fingerprint density at radius 2 is 2.30 bits per heavy atom. The maximum absolute atomic E-state index is 5.73. The molecule has 0 aliphatic carbocycles. The van der Waals surface area contributed by atoms with Crippen LogP contribution in [-0.2, 0) is 11.3 Å². The Bertz CT molecular complexity index is 210. The van der Waals surface area contributed by atoms with Crippen LogP contribution in [0.25, 0.3) is 0 Å². The maximum atomic E-state index is 5.73. The van der Waals surface area contributed by atoms with Crippen LogP contribution in [0.5, 0.6) is 0 Å². The van der Waals surface area contributed by atoms with Crippen LogP contribution in [-0.4, -0.2) is 7.11 Å². The Hall–Kier alpha value is -0.530. The van der Waals surface area contributed by atoms with Crippen molar-refractivity contribution in [2.45, 2.75) is 6.61 Å². The highest BCUT2D eigenvalue weighted by Crippen LogP contribution is 2.10. The van der Waals surface area contributed by atoms with Crippen molar-refractivity contribution >= 4 is 11.6 Å². The smallest absolute Gasteiger partial charge is 0.0713 e. The Morgan fingerprint density at radius 1 is 1.50 bits per heavy atom. The molecule has 10 heavy (non-hydrogen) atoms. The van der Waals surface area contributed by atoms with Gasteiger partial charge in [-0.25, -0.2) is 0 Å². The summed E-state index contributed by atoms with van der Waals surface area (Å²) in [6.45, 7) is 0.626. The van der Waals surface area contributed by atoms with E-state index < -0.39 is 0 Å². The molecule has 0 amide bonds. The van der Waals surface area contributed by atoms with Crippen LogP contribution in [0, 0.1) is 0 Å². The van der Waals surface area contributed by atoms with Crippen molar-refractivity contribution in [3.63, 3.8) is 0 Å². The molecule has 2 heteroatoms. The summed E-state index contributed by atoms with van der Waals surface area (Å²) in [6.07, 6.45) is 0. The third kappa shape index (κ3) is 2.01. The van der Waals surface area contributed by atoms with Gasteiger partial charge < -0.3 is 4.74 Å². The Balaban J connectivity index is 2.75. The van der Waals surface area contributed by atoms with Gasteiger partial charge in [0, 0.05) is 12.1 Å². The van der Waals surface area contributed by atoms with Gasteiger partial charge in [-0.3, -0.25) is 0 Å². The van der Waals surface area contributed by atoms with Crippen molar-refractivity contribution in [3.05, 3.63) is 34.9 Å². The predicted octanol–water partition coefficient (Wildman–Crippen LogP) is 2.49. The standard InChI is InChI=1S/C8H9ClO/c1-10-6-7-3-2-4-8(9)5-7/h2-5H,6H2,1H3. The molecule has 0 aromatic heterocycles. The third-order valence-corrected chi connectivity index (χ3v) is 1.44. The highest BCUT2D eigenvalue weighted by atomic mass is 35.5. The molecule has 1 rings (SSSR count). The monoisotopic (exact) mass is 156 g/mol. The van der Waals surface area contributed by atoms with Gasteiger partial charge in [-0.05, 0) is 17.7 Å². The number of ether oxygens (including phenoxy) is 1. The second kappa shape index (κ2) is 3.59. The second-order valence-corrected chi connectivity index (χ2v) is 2.50. The van der Waals surface area contributed by atoms with Crippen molar-refractivity contribution in [2.24, 2.45) is 0 Å². The van der Waals surface area contributed by atoms with E-state index in [9.17, 15) is 0 Å². The van der Waals surface area contributed by atoms with Crippen molar-refractivity contribution in [2.75, 3.05) is 7.11 Å². The summed E-state index contributed by atoms with van der Waals surface area (Å²) < 4.78 is 4.92. The van der Waals surface area contributed by atoms with Gasteiger partial charge in [-0.2, -0.15) is 0 Å². The lowest BCUT2D eigenvalue weighted by Crippen LogP contribution is -1.85. The summed E-state index contributed by atoms with van der Waals surface area (Å²) >= 11 is 5.73. The first-order valence-corrected chi connectivity index (χ1v) is 3.44. The zero-order valence-corrected chi connectivity index (χ0v) is 6.56. The van der Waals surface area contributed by atoms with Crippen LogP contribution in [0.15, 0.2) is 24.3 Å². The summed E-state index contributed by atoms with van der Waals surface area (Å²) in [5.41, 5.74) is 1.11. The van der Waals surface area contributed by atoms with Gasteiger partial charge in [0.2, 0.25) is 0 Å². The van der Waals surface area contributed by atoms with Gasteiger partial charge in [-0.15, -0.1) is 0 Å². The SMILES string of the molecule is COCc1cccc(Cl)c1. The molecular weight excluding hydrogens is 148 g/mol. The zero-order chi connectivity index (χ0) is 7.40. The minimum Gasteiger partial charge on any atom is -0.380 e. The van der Waals surface area contributed by atoms with Crippen LogP contribution in [0.3, 0.4) is 0 Å². The maximum Gasteiger partial charge on any atom is 0.0713 e. The number of benzene rings is 1. The van der Waals surface area contributed by atoms with Crippen molar-refractivity contribution in [1.29, 1.82) is 0 Å². The van der Waals surface area contributed by atoms with Crippen LogP contribution in [0.2, 0.25) is 5.02 Å². The molecule has 1 aromatic carbocycles. The van der Waals surface area contributed by atoms with Gasteiger partial charge in [0.15, 0.2) is 0 Å². The van der Waals surface area contributed by atoms with E-state index in [4.69, 9.17) is 16.3 Å². The number of halogens is 1. The summed E-state index contributed by atoms with van der Waals surface area (Å²) in [5.74, 6) is 0. The average Bonchev–Trinajstić information content (AvgIpc) is 1.88. The lowest BCUT2D eigenvalue weighted by Gasteiger charge is -1.97. The largest absolute Gasteiger partial charge is 0.380 e. The van der Waals surface area contributed by atoms with E-state index in [1.807, 2.05) is 24.3 Å². The van der Waals surface area contributed by atoms with E-state index in [-0.39, 0.29) is 0 Å². The molecule has 0 fully saturated rings. The van der Waals surface area contributed by atoms with E-state index in [0.29, 0.717) is 6.61 Å². The molecule has 1 nitrogen and oxygen atoms in total. The van der Waals surface area contributed by atoms with Crippen LogP contribution in [0.4, 0.5) is 0 Å². The van der Waals surface area contributed by atoms with Gasteiger partial charge in [0.1, 0.15) is 0 Å². The summed E-state index contributed by atoms with van der Waals surface area (Å²) in [5, 5.41) is 0.759. The lowest BCUT2D eigenvalue weighted by molar-refractivity contribution is 0.185. The molecule has 0 atom stereocenters. The average molecular weight is 157 g/mol. The molecule has 0 N–H and O–H groups in total. The second-order valence-electron chi connectivity index (χ2n) is 2.06. The first kappa shape index (κ1) is 7.58. The Labute approximate surface area is 65.6 Å². The quantitative estimate of drug-likeness (QED) is 0.639. The normalized spacial score (nSPS) is 9.80. The first-order valence-electron chi connectivity index (χ1n) is 3.06. The fraction of sp³-hybridized carbons (Fsp3) is 0.250. The van der Waals surface area contributed by atoms with E-state index in [1.165, 1.54) is 0 Å². The molecule has 0 bridgehead atoms. The lowest BCUT2D eigenvalue weighted by atomic mass is 10.2. The molecule has 0 aliphatic rings. The molecule has 0 saturated carbocycles. The van der Waals surface area contributed by atoms with Gasteiger partial charge >= 0.3 is 0 Å². The zero-order valence-electron chi connectivity index (χ0n) is 5.80. The highest BCUT2D eigenvalue weighted by molar-refractivity contribution is 6.30. The van der Waals surface area contributed by atoms with Gasteiger partial charge in [-0.1, -0.05) is 23.7 Å². The molecule has 0 unspecified atom stereocenters. The third-order valence-electron chi connectivity index (χ3n) is 1.20. The van der Waals surface area contributed by atoms with Crippen molar-refractivity contribution < 1.29 is 4.74 Å². The van der Waals surface area contributed by atoms with Crippen molar-refractivity contribution in [3.8, 4) is 0 Å². The molecule has 0 spiro atoms. The molecule has 0 saturated heterocycles. The van der Waals surface area contributed by atoms with Crippen molar-refractivity contribution in [1.82, 2.24) is 0 Å². The number of methoxy groups -OCH3 is 1. The van der Waals surface area contributed by atoms with E-state index >= 15 is 0 Å². The summed E-state index contributed by atoms with van der Waals surface area (Å²) in [6, 6.07) is 7.64. The van der Waals surface area contributed by atoms with E-state index in [1.54, 1.807) is 7.11 Å². The molecule has 1 aromatic rings. The van der Waals surface area contributed by atoms with Crippen LogP contribution >= 0.6 is 11.6 Å². The van der Waals surface area contributed by atoms with E-state index in [0.717, 1.165) is 10.6 Å². The molecular formula is C8H9ClO. The highest BCUT2D eigenvalue weighted by Gasteiger charge is 1.90. The number of hydrogen-bond donors (Lipinski definition) is 0. The number of hydrogen-bond acceptors (Lipinski definition) is 1. The molecule has 54 valence electrons. The van der Waals surface area contributed by atoms with Crippen LogP contribution < -0.4 is 0 Å². The summed E-state index contributed by atoms with van der Waals surface area (Å²) in [4.78, 5) is 0. The van der Waals surface area contributed by atoms with Gasteiger partial charge in [0.05, 0.1) is 6.61 Å². The van der Waals surface area contributed by atoms with Gasteiger partial charge in [0.25, 0.3) is 0 Å². The Kier molecular flexibility index (Phi) is 2.72. The fourth-order valence-electron chi connectivity index (χ4n) is 0.793. The fourth-order valence-corrected chi connectivity index (χ4v) is 1.01. The topological polar surface area (TPSA) is 9.23 Å². The number of rotatable bonds is 2. The molecule has 0 aliphatic heterocycles. The minimum atomic E-state index is 0.626. The van der Waals surface area contributed by atoms with E-state index in [2.05, 4.69) is 0 Å². The minimum absolute atomic E-state index is 0.626. The first-order chi connectivity index (χ1) is 4.83. The van der Waals surface area contributed by atoms with Crippen LogP contribution in [0.1, 0.15) is 5.56 Å².